The van der Waals surface area contributed by atoms with Crippen molar-refractivity contribution in [1.29, 1.82) is 0 Å². The standard InChI is InChI=1S/C10H13FO3/c1-4-14-7-5-8(11)10(13-3)9(6-7)12-2/h5-6H,4H2,1-3H3. The number of hydrogen-bond donors (Lipinski definition) is 0. The van der Waals surface area contributed by atoms with Gasteiger partial charge in [-0.2, -0.15) is 0 Å². The summed E-state index contributed by atoms with van der Waals surface area (Å²) in [5, 5.41) is 0. The van der Waals surface area contributed by atoms with E-state index in [0.29, 0.717) is 18.1 Å². The molecule has 0 spiro atoms. The van der Waals surface area contributed by atoms with Gasteiger partial charge in [-0.05, 0) is 6.92 Å². The molecule has 0 amide bonds. The molecule has 1 aromatic carbocycles. The summed E-state index contributed by atoms with van der Waals surface area (Å²) in [6.45, 7) is 2.31. The van der Waals surface area contributed by atoms with Crippen molar-refractivity contribution in [3.63, 3.8) is 0 Å². The minimum absolute atomic E-state index is 0.0935. The van der Waals surface area contributed by atoms with Crippen LogP contribution in [0.1, 0.15) is 6.92 Å². The van der Waals surface area contributed by atoms with E-state index in [1.807, 2.05) is 6.92 Å². The SMILES string of the molecule is CCOc1cc(F)c(OC)c(OC)c1. The Bertz CT molecular complexity index is 312. The van der Waals surface area contributed by atoms with Crippen LogP contribution in [0.4, 0.5) is 4.39 Å². The van der Waals surface area contributed by atoms with E-state index >= 15 is 0 Å². The molecule has 0 unspecified atom stereocenters. The Morgan fingerprint density at radius 2 is 1.93 bits per heavy atom. The van der Waals surface area contributed by atoms with Crippen LogP contribution in [0.15, 0.2) is 12.1 Å². The molecule has 0 aliphatic heterocycles. The molecule has 0 saturated carbocycles. The third kappa shape index (κ3) is 2.07. The van der Waals surface area contributed by atoms with Gasteiger partial charge in [0.25, 0.3) is 0 Å². The van der Waals surface area contributed by atoms with Gasteiger partial charge in [-0.1, -0.05) is 0 Å². The van der Waals surface area contributed by atoms with E-state index < -0.39 is 5.82 Å². The molecule has 78 valence electrons. The van der Waals surface area contributed by atoms with Crippen LogP contribution in [-0.4, -0.2) is 20.8 Å². The van der Waals surface area contributed by atoms with E-state index in [-0.39, 0.29) is 5.75 Å². The van der Waals surface area contributed by atoms with Crippen LogP contribution in [0.5, 0.6) is 17.2 Å². The van der Waals surface area contributed by atoms with Crippen molar-refractivity contribution in [2.24, 2.45) is 0 Å². The molecular formula is C10H13FO3. The van der Waals surface area contributed by atoms with Crippen molar-refractivity contribution >= 4 is 0 Å². The molecule has 0 heterocycles. The average molecular weight is 200 g/mol. The van der Waals surface area contributed by atoms with Crippen LogP contribution < -0.4 is 14.2 Å². The molecule has 0 fully saturated rings. The van der Waals surface area contributed by atoms with Gasteiger partial charge in [-0.3, -0.25) is 0 Å². The molecule has 0 N–H and O–H groups in total. The minimum Gasteiger partial charge on any atom is -0.494 e. The Labute approximate surface area is 82.4 Å². The highest BCUT2D eigenvalue weighted by Crippen LogP contribution is 2.34. The summed E-state index contributed by atoms with van der Waals surface area (Å²) in [4.78, 5) is 0. The first-order valence-electron chi connectivity index (χ1n) is 4.27. The number of methoxy groups -OCH3 is 2. The summed E-state index contributed by atoms with van der Waals surface area (Å²) in [7, 11) is 2.84. The Morgan fingerprint density at radius 3 is 2.43 bits per heavy atom. The predicted molar refractivity (Wildman–Crippen MR) is 50.7 cm³/mol. The van der Waals surface area contributed by atoms with Crippen molar-refractivity contribution in [3.8, 4) is 17.2 Å². The van der Waals surface area contributed by atoms with Gasteiger partial charge in [0.1, 0.15) is 5.75 Å². The van der Waals surface area contributed by atoms with E-state index in [9.17, 15) is 4.39 Å². The maximum absolute atomic E-state index is 13.3. The van der Waals surface area contributed by atoms with Gasteiger partial charge in [0, 0.05) is 12.1 Å². The zero-order valence-corrected chi connectivity index (χ0v) is 8.46. The first kappa shape index (κ1) is 10.6. The summed E-state index contributed by atoms with van der Waals surface area (Å²) in [6, 6.07) is 2.86. The first-order chi connectivity index (χ1) is 6.72. The molecule has 0 atom stereocenters. The molecule has 0 aliphatic carbocycles. The fourth-order valence-corrected chi connectivity index (χ4v) is 1.14. The zero-order chi connectivity index (χ0) is 10.6. The van der Waals surface area contributed by atoms with Gasteiger partial charge < -0.3 is 14.2 Å². The third-order valence-electron chi connectivity index (χ3n) is 1.72. The van der Waals surface area contributed by atoms with Crippen molar-refractivity contribution in [2.75, 3.05) is 20.8 Å². The van der Waals surface area contributed by atoms with Crippen LogP contribution in [0, 0.1) is 5.82 Å². The second kappa shape index (κ2) is 4.69. The summed E-state index contributed by atoms with van der Waals surface area (Å²) >= 11 is 0. The van der Waals surface area contributed by atoms with Crippen molar-refractivity contribution in [3.05, 3.63) is 17.9 Å². The molecule has 0 aromatic heterocycles. The summed E-state index contributed by atoms with van der Waals surface area (Å²) in [6.07, 6.45) is 0. The number of benzene rings is 1. The van der Waals surface area contributed by atoms with Gasteiger partial charge in [0.2, 0.25) is 0 Å². The second-order valence-electron chi connectivity index (χ2n) is 2.57. The minimum atomic E-state index is -0.490. The van der Waals surface area contributed by atoms with Gasteiger partial charge >= 0.3 is 0 Å². The Balaban J connectivity index is 3.10. The Hall–Kier alpha value is -1.45. The van der Waals surface area contributed by atoms with Crippen molar-refractivity contribution in [1.82, 2.24) is 0 Å². The molecule has 0 aliphatic rings. The normalized spacial score (nSPS) is 9.71. The molecule has 1 aromatic rings. The molecular weight excluding hydrogens is 187 g/mol. The maximum atomic E-state index is 13.3. The van der Waals surface area contributed by atoms with Gasteiger partial charge in [-0.15, -0.1) is 0 Å². The molecule has 3 nitrogen and oxygen atoms in total. The van der Waals surface area contributed by atoms with Gasteiger partial charge in [0.05, 0.1) is 20.8 Å². The van der Waals surface area contributed by atoms with Crippen LogP contribution in [-0.2, 0) is 0 Å². The topological polar surface area (TPSA) is 27.7 Å². The first-order valence-corrected chi connectivity index (χ1v) is 4.27. The maximum Gasteiger partial charge on any atom is 0.197 e. The molecule has 0 saturated heterocycles. The molecule has 1 rings (SSSR count). The predicted octanol–water partition coefficient (Wildman–Crippen LogP) is 2.24. The summed E-state index contributed by atoms with van der Waals surface area (Å²) in [5.74, 6) is 0.366. The van der Waals surface area contributed by atoms with E-state index in [2.05, 4.69) is 0 Å². The molecule has 0 radical (unpaired) electrons. The van der Waals surface area contributed by atoms with E-state index in [0.717, 1.165) is 0 Å². The van der Waals surface area contributed by atoms with Crippen LogP contribution in [0.3, 0.4) is 0 Å². The zero-order valence-electron chi connectivity index (χ0n) is 8.46. The number of halogens is 1. The lowest BCUT2D eigenvalue weighted by Crippen LogP contribution is -1.97. The lowest BCUT2D eigenvalue weighted by molar-refractivity contribution is 0.316. The second-order valence-corrected chi connectivity index (χ2v) is 2.57. The van der Waals surface area contributed by atoms with Crippen molar-refractivity contribution in [2.45, 2.75) is 6.92 Å². The number of rotatable bonds is 4. The smallest absolute Gasteiger partial charge is 0.197 e. The van der Waals surface area contributed by atoms with E-state index in [1.165, 1.54) is 20.3 Å². The van der Waals surface area contributed by atoms with E-state index in [1.54, 1.807) is 6.07 Å². The third-order valence-corrected chi connectivity index (χ3v) is 1.72. The highest BCUT2D eigenvalue weighted by atomic mass is 19.1. The largest absolute Gasteiger partial charge is 0.494 e. The average Bonchev–Trinajstić information content (AvgIpc) is 2.17. The quantitative estimate of drug-likeness (QED) is 0.746. The fourth-order valence-electron chi connectivity index (χ4n) is 1.14. The Morgan fingerprint density at radius 1 is 1.21 bits per heavy atom. The van der Waals surface area contributed by atoms with Crippen LogP contribution >= 0.6 is 0 Å². The van der Waals surface area contributed by atoms with Crippen LogP contribution in [0.25, 0.3) is 0 Å². The highest BCUT2D eigenvalue weighted by molar-refractivity contribution is 5.46. The molecule has 14 heavy (non-hydrogen) atoms. The number of hydrogen-bond acceptors (Lipinski definition) is 3. The molecule has 0 bridgehead atoms. The summed E-state index contributed by atoms with van der Waals surface area (Å²) < 4.78 is 28.3. The lowest BCUT2D eigenvalue weighted by atomic mass is 10.3. The van der Waals surface area contributed by atoms with E-state index in [4.69, 9.17) is 14.2 Å². The molecule has 4 heteroatoms. The summed E-state index contributed by atoms with van der Waals surface area (Å²) in [5.41, 5.74) is 0. The van der Waals surface area contributed by atoms with Crippen LogP contribution in [0.2, 0.25) is 0 Å². The number of ether oxygens (including phenoxy) is 3. The van der Waals surface area contributed by atoms with Gasteiger partial charge in [0.15, 0.2) is 17.3 Å². The van der Waals surface area contributed by atoms with Crippen molar-refractivity contribution < 1.29 is 18.6 Å². The van der Waals surface area contributed by atoms with Gasteiger partial charge in [-0.25, -0.2) is 4.39 Å². The Kier molecular flexibility index (Phi) is 3.56. The lowest BCUT2D eigenvalue weighted by Gasteiger charge is -2.10. The highest BCUT2D eigenvalue weighted by Gasteiger charge is 2.12. The monoisotopic (exact) mass is 200 g/mol. The fraction of sp³-hybridized carbons (Fsp3) is 0.400.